The van der Waals surface area contributed by atoms with Crippen LogP contribution in [0.5, 0.6) is 11.5 Å². The maximum absolute atomic E-state index is 13.2. The van der Waals surface area contributed by atoms with E-state index in [0.29, 0.717) is 35.3 Å². The van der Waals surface area contributed by atoms with Crippen molar-refractivity contribution in [3.63, 3.8) is 0 Å². The monoisotopic (exact) mass is 496 g/mol. The fourth-order valence-corrected chi connectivity index (χ4v) is 4.89. The molecule has 0 bridgehead atoms. The van der Waals surface area contributed by atoms with Crippen LogP contribution in [0.1, 0.15) is 36.4 Å². The molecule has 0 fully saturated rings. The van der Waals surface area contributed by atoms with Crippen LogP contribution in [-0.4, -0.2) is 27.7 Å². The second kappa shape index (κ2) is 9.54. The average molecular weight is 497 g/mol. The number of aromatic nitrogens is 3. The second-order valence-corrected chi connectivity index (χ2v) is 9.09. The van der Waals surface area contributed by atoms with Crippen molar-refractivity contribution < 1.29 is 18.7 Å². The van der Waals surface area contributed by atoms with Gasteiger partial charge in [-0.25, -0.2) is 9.07 Å². The number of rotatable bonds is 6. The first-order valence-corrected chi connectivity index (χ1v) is 12.2. The number of Topliss-reactive ketones (excluding diaryl/α,β-unsaturated/α-hetero) is 1. The molecule has 186 valence electrons. The van der Waals surface area contributed by atoms with Gasteiger partial charge < -0.3 is 14.8 Å². The summed E-state index contributed by atoms with van der Waals surface area (Å²) in [4.78, 5) is 17.9. The van der Waals surface area contributed by atoms with Crippen molar-refractivity contribution in [2.45, 2.75) is 31.9 Å². The number of halogens is 1. The summed E-state index contributed by atoms with van der Waals surface area (Å²) in [5.41, 5.74) is 4.20. The van der Waals surface area contributed by atoms with Gasteiger partial charge in [-0.3, -0.25) is 4.79 Å². The number of fused-ring (bicyclic) bond motifs is 1. The van der Waals surface area contributed by atoms with E-state index in [1.807, 2.05) is 48.5 Å². The summed E-state index contributed by atoms with van der Waals surface area (Å²) in [5, 5.41) is 8.19. The minimum Gasteiger partial charge on any atom is -0.493 e. The molecule has 8 heteroatoms. The molecule has 1 aliphatic carbocycles. The number of ketones is 1. The highest BCUT2D eigenvalue weighted by atomic mass is 19.1. The van der Waals surface area contributed by atoms with Crippen LogP contribution in [0.2, 0.25) is 0 Å². The van der Waals surface area contributed by atoms with Crippen molar-refractivity contribution in [1.29, 1.82) is 0 Å². The highest BCUT2D eigenvalue weighted by molar-refractivity contribution is 5.99. The van der Waals surface area contributed by atoms with E-state index in [2.05, 4.69) is 5.32 Å². The van der Waals surface area contributed by atoms with Crippen LogP contribution in [0.15, 0.2) is 84.1 Å². The Labute approximate surface area is 213 Å². The first-order valence-electron chi connectivity index (χ1n) is 12.2. The number of ether oxygens (including phenoxy) is 2. The van der Waals surface area contributed by atoms with Crippen LogP contribution in [-0.2, 0) is 11.4 Å². The molecule has 2 aliphatic rings. The Morgan fingerprint density at radius 1 is 1.03 bits per heavy atom. The number of allylic oxidation sites excluding steroid dienone is 2. The van der Waals surface area contributed by atoms with Crippen molar-refractivity contribution in [3.8, 4) is 22.9 Å². The van der Waals surface area contributed by atoms with Crippen LogP contribution in [0, 0.1) is 5.82 Å². The predicted octanol–water partition coefficient (Wildman–Crippen LogP) is 5.69. The molecule has 0 spiro atoms. The Kier molecular flexibility index (Phi) is 5.92. The lowest BCUT2D eigenvalue weighted by Crippen LogP contribution is -2.31. The largest absolute Gasteiger partial charge is 0.493 e. The van der Waals surface area contributed by atoms with Gasteiger partial charge in [0.05, 0.1) is 7.11 Å². The molecule has 1 N–H and O–H groups in total. The number of nitrogens with zero attached hydrogens (tertiary/aromatic N) is 3. The van der Waals surface area contributed by atoms with E-state index >= 15 is 0 Å². The van der Waals surface area contributed by atoms with Gasteiger partial charge in [0.1, 0.15) is 18.5 Å². The first kappa shape index (κ1) is 23.0. The van der Waals surface area contributed by atoms with Crippen LogP contribution in [0.25, 0.3) is 11.4 Å². The molecule has 1 aliphatic heterocycles. The molecule has 1 aromatic heterocycles. The molecular formula is C29H25FN4O3. The van der Waals surface area contributed by atoms with Crippen LogP contribution in [0.4, 0.5) is 10.3 Å². The quantitative estimate of drug-likeness (QED) is 0.369. The number of carbonyl (C=O) groups excluding carboxylic acids is 1. The van der Waals surface area contributed by atoms with Crippen molar-refractivity contribution in [1.82, 2.24) is 14.8 Å². The lowest BCUT2D eigenvalue weighted by atomic mass is 9.85. The minimum absolute atomic E-state index is 0.108. The van der Waals surface area contributed by atoms with Crippen molar-refractivity contribution >= 4 is 11.7 Å². The average Bonchev–Trinajstić information content (AvgIpc) is 3.36. The summed E-state index contributed by atoms with van der Waals surface area (Å²) in [7, 11) is 1.58. The Bertz CT molecular complexity index is 1500. The predicted molar refractivity (Wildman–Crippen MR) is 137 cm³/mol. The van der Waals surface area contributed by atoms with Gasteiger partial charge in [0.25, 0.3) is 0 Å². The van der Waals surface area contributed by atoms with Gasteiger partial charge in [0.2, 0.25) is 5.95 Å². The van der Waals surface area contributed by atoms with Crippen LogP contribution in [0.3, 0.4) is 0 Å². The highest BCUT2D eigenvalue weighted by Crippen LogP contribution is 2.42. The van der Waals surface area contributed by atoms with E-state index in [4.69, 9.17) is 19.6 Å². The molecule has 4 aromatic rings. The molecular weight excluding hydrogens is 471 g/mol. The number of nitrogens with one attached hydrogen (secondary N) is 1. The Morgan fingerprint density at radius 3 is 2.62 bits per heavy atom. The molecule has 37 heavy (non-hydrogen) atoms. The number of carbonyl (C=O) groups is 1. The standard InChI is InChI=1S/C29H25FN4O3/c1-36-25-16-20(12-15-24(25)37-17-18-10-13-21(30)14-11-18)27-26-22(8-5-9-23(26)35)31-29-32-28(33-34(27)29)19-6-3-2-4-7-19/h2-4,6-7,10-16,27H,5,8-9,17H2,1H3,(H,31,32,33)/t27-/m1/s1. The van der Waals surface area contributed by atoms with E-state index in [1.54, 1.807) is 23.9 Å². The summed E-state index contributed by atoms with van der Waals surface area (Å²) >= 11 is 0. The number of hydrogen-bond acceptors (Lipinski definition) is 6. The number of anilines is 1. The summed E-state index contributed by atoms with van der Waals surface area (Å²) in [6.07, 6.45) is 2.08. The number of benzene rings is 3. The molecule has 6 rings (SSSR count). The van der Waals surface area contributed by atoms with E-state index in [9.17, 15) is 9.18 Å². The topological polar surface area (TPSA) is 78.3 Å². The molecule has 0 amide bonds. The molecule has 7 nitrogen and oxygen atoms in total. The molecule has 0 saturated heterocycles. The van der Waals surface area contributed by atoms with E-state index in [1.165, 1.54) is 12.1 Å². The van der Waals surface area contributed by atoms with Gasteiger partial charge in [-0.15, -0.1) is 5.10 Å². The van der Waals surface area contributed by atoms with Gasteiger partial charge in [-0.2, -0.15) is 4.98 Å². The maximum Gasteiger partial charge on any atom is 0.226 e. The number of methoxy groups -OCH3 is 1. The molecule has 3 aromatic carbocycles. The fraction of sp³-hybridized carbons (Fsp3) is 0.207. The van der Waals surface area contributed by atoms with Gasteiger partial charge in [-0.05, 0) is 48.2 Å². The van der Waals surface area contributed by atoms with Crippen LogP contribution >= 0.6 is 0 Å². The van der Waals surface area contributed by atoms with E-state index < -0.39 is 6.04 Å². The molecule has 2 heterocycles. The van der Waals surface area contributed by atoms with Crippen molar-refractivity contribution in [3.05, 3.63) is 101 Å². The van der Waals surface area contributed by atoms with Gasteiger partial charge in [0, 0.05) is 23.3 Å². The number of hydrogen-bond donors (Lipinski definition) is 1. The summed E-state index contributed by atoms with van der Waals surface area (Å²) in [6, 6.07) is 21.2. The van der Waals surface area contributed by atoms with Gasteiger partial charge in [0.15, 0.2) is 23.1 Å². The second-order valence-electron chi connectivity index (χ2n) is 9.09. The Balaban J connectivity index is 1.38. The fourth-order valence-electron chi connectivity index (χ4n) is 4.89. The van der Waals surface area contributed by atoms with Crippen LogP contribution < -0.4 is 14.8 Å². The highest BCUT2D eigenvalue weighted by Gasteiger charge is 2.37. The lowest BCUT2D eigenvalue weighted by Gasteiger charge is -2.32. The molecule has 1 atom stereocenters. The lowest BCUT2D eigenvalue weighted by molar-refractivity contribution is -0.116. The normalized spacial score (nSPS) is 16.6. The summed E-state index contributed by atoms with van der Waals surface area (Å²) in [6.45, 7) is 0.269. The maximum atomic E-state index is 13.2. The smallest absolute Gasteiger partial charge is 0.226 e. The van der Waals surface area contributed by atoms with Crippen molar-refractivity contribution in [2.24, 2.45) is 0 Å². The zero-order valence-corrected chi connectivity index (χ0v) is 20.3. The molecule has 0 radical (unpaired) electrons. The van der Waals surface area contributed by atoms with Crippen molar-refractivity contribution in [2.75, 3.05) is 12.4 Å². The zero-order valence-electron chi connectivity index (χ0n) is 20.3. The third-order valence-electron chi connectivity index (χ3n) is 6.71. The summed E-state index contributed by atoms with van der Waals surface area (Å²) in [5.74, 6) is 2.10. The molecule has 0 saturated carbocycles. The summed E-state index contributed by atoms with van der Waals surface area (Å²) < 4.78 is 26.7. The van der Waals surface area contributed by atoms with E-state index in [0.717, 1.165) is 35.2 Å². The van der Waals surface area contributed by atoms with Gasteiger partial charge in [-0.1, -0.05) is 48.5 Å². The first-order chi connectivity index (χ1) is 18.1. The van der Waals surface area contributed by atoms with Gasteiger partial charge >= 0.3 is 0 Å². The molecule has 0 unspecified atom stereocenters. The minimum atomic E-state index is -0.441. The Morgan fingerprint density at radius 2 is 1.84 bits per heavy atom. The Hall–Kier alpha value is -4.46. The zero-order chi connectivity index (χ0) is 25.4. The van der Waals surface area contributed by atoms with E-state index in [-0.39, 0.29) is 18.2 Å². The third-order valence-corrected chi connectivity index (χ3v) is 6.71. The third kappa shape index (κ3) is 4.35. The SMILES string of the molecule is COc1cc([C@@H]2C3=C(CCCC3=O)Nc3nc(-c4ccccc4)nn32)ccc1OCc1ccc(F)cc1.